The standard InChI is InChI=1S/C26H34O/c1-3-4-5-6-7-8-21-10-12-22(13-11-21)23-14-16-24(17-15-23)25-18-9-20(2)19-26(25)27/h10-17,20,25H,3-9,18-19H2,1-2H3/t20-,25+/m0/s1. The second-order valence-electron chi connectivity index (χ2n) is 8.39. The maximum atomic E-state index is 12.3. The van der Waals surface area contributed by atoms with Crippen LogP contribution >= 0.6 is 0 Å². The molecule has 3 rings (SSSR count). The van der Waals surface area contributed by atoms with Crippen LogP contribution < -0.4 is 0 Å². The van der Waals surface area contributed by atoms with Crippen LogP contribution in [0.3, 0.4) is 0 Å². The molecule has 2 aromatic carbocycles. The second-order valence-corrected chi connectivity index (χ2v) is 8.39. The number of hydrogen-bond acceptors (Lipinski definition) is 1. The van der Waals surface area contributed by atoms with Gasteiger partial charge in [-0.1, -0.05) is 88.1 Å². The molecular weight excluding hydrogens is 328 g/mol. The Morgan fingerprint density at radius 2 is 1.44 bits per heavy atom. The van der Waals surface area contributed by atoms with Gasteiger partial charge in [-0.15, -0.1) is 0 Å². The molecule has 0 bridgehead atoms. The molecule has 0 aromatic heterocycles. The first kappa shape index (κ1) is 19.9. The van der Waals surface area contributed by atoms with E-state index in [-0.39, 0.29) is 5.92 Å². The summed E-state index contributed by atoms with van der Waals surface area (Å²) in [5.41, 5.74) is 5.14. The van der Waals surface area contributed by atoms with Crippen molar-refractivity contribution in [1.82, 2.24) is 0 Å². The Bertz CT molecular complexity index is 711. The van der Waals surface area contributed by atoms with Crippen LogP contribution in [0.2, 0.25) is 0 Å². The minimum atomic E-state index is 0.116. The molecule has 1 aliphatic rings. The van der Waals surface area contributed by atoms with E-state index in [1.165, 1.54) is 60.8 Å². The number of hydrogen-bond donors (Lipinski definition) is 0. The molecule has 1 saturated carbocycles. The molecule has 2 aromatic rings. The van der Waals surface area contributed by atoms with Gasteiger partial charge in [0.1, 0.15) is 5.78 Å². The number of carbonyl (C=O) groups excluding carboxylic acids is 1. The Hall–Kier alpha value is -1.89. The normalized spacial score (nSPS) is 20.0. The zero-order valence-corrected chi connectivity index (χ0v) is 17.0. The van der Waals surface area contributed by atoms with Crippen LogP contribution in [0, 0.1) is 5.92 Å². The smallest absolute Gasteiger partial charge is 0.140 e. The Labute approximate surface area is 165 Å². The fourth-order valence-electron chi connectivity index (χ4n) is 4.26. The van der Waals surface area contributed by atoms with Gasteiger partial charge < -0.3 is 0 Å². The Balaban J connectivity index is 1.57. The molecule has 0 aliphatic heterocycles. The van der Waals surface area contributed by atoms with E-state index in [4.69, 9.17) is 0 Å². The second kappa shape index (κ2) is 9.88. The number of aryl methyl sites for hydroxylation is 1. The molecule has 0 N–H and O–H groups in total. The summed E-state index contributed by atoms with van der Waals surface area (Å²) in [4.78, 5) is 12.3. The average molecular weight is 363 g/mol. The van der Waals surface area contributed by atoms with E-state index in [0.717, 1.165) is 19.3 Å². The molecule has 0 spiro atoms. The van der Waals surface area contributed by atoms with Gasteiger partial charge in [-0.2, -0.15) is 0 Å². The summed E-state index contributed by atoms with van der Waals surface area (Å²) in [6, 6.07) is 17.7. The van der Waals surface area contributed by atoms with Crippen molar-refractivity contribution in [3.63, 3.8) is 0 Å². The van der Waals surface area contributed by atoms with Crippen LogP contribution in [0.5, 0.6) is 0 Å². The van der Waals surface area contributed by atoms with E-state index < -0.39 is 0 Å². The highest BCUT2D eigenvalue weighted by molar-refractivity contribution is 5.86. The van der Waals surface area contributed by atoms with E-state index in [0.29, 0.717) is 11.7 Å². The summed E-state index contributed by atoms with van der Waals surface area (Å²) in [6.07, 6.45) is 10.8. The van der Waals surface area contributed by atoms with Crippen molar-refractivity contribution < 1.29 is 4.79 Å². The summed E-state index contributed by atoms with van der Waals surface area (Å²) in [5.74, 6) is 1.09. The Morgan fingerprint density at radius 1 is 0.815 bits per heavy atom. The predicted molar refractivity (Wildman–Crippen MR) is 115 cm³/mol. The summed E-state index contributed by atoms with van der Waals surface area (Å²) in [5, 5.41) is 0. The van der Waals surface area contributed by atoms with Gasteiger partial charge in [0.05, 0.1) is 0 Å². The van der Waals surface area contributed by atoms with Crippen molar-refractivity contribution in [2.24, 2.45) is 5.92 Å². The third kappa shape index (κ3) is 5.54. The maximum Gasteiger partial charge on any atom is 0.140 e. The van der Waals surface area contributed by atoms with Crippen LogP contribution in [0.15, 0.2) is 48.5 Å². The molecular formula is C26H34O. The monoisotopic (exact) mass is 362 g/mol. The number of Topliss-reactive ketones (excluding diaryl/α,β-unsaturated/α-hetero) is 1. The number of benzene rings is 2. The van der Waals surface area contributed by atoms with Crippen molar-refractivity contribution in [3.05, 3.63) is 59.7 Å². The first-order valence-electron chi connectivity index (χ1n) is 10.9. The van der Waals surface area contributed by atoms with Gasteiger partial charge in [0.15, 0.2) is 0 Å². The molecule has 2 atom stereocenters. The van der Waals surface area contributed by atoms with Gasteiger partial charge in [-0.25, -0.2) is 0 Å². The topological polar surface area (TPSA) is 17.1 Å². The molecule has 1 fully saturated rings. The van der Waals surface area contributed by atoms with E-state index in [1.54, 1.807) is 0 Å². The molecule has 0 unspecified atom stereocenters. The van der Waals surface area contributed by atoms with Gasteiger partial charge in [-0.3, -0.25) is 4.79 Å². The van der Waals surface area contributed by atoms with Crippen molar-refractivity contribution in [2.75, 3.05) is 0 Å². The lowest BCUT2D eigenvalue weighted by Crippen LogP contribution is -2.21. The lowest BCUT2D eigenvalue weighted by atomic mass is 9.78. The summed E-state index contributed by atoms with van der Waals surface area (Å²) in [7, 11) is 0. The van der Waals surface area contributed by atoms with Crippen LogP contribution in [0.4, 0.5) is 0 Å². The van der Waals surface area contributed by atoms with E-state index >= 15 is 0 Å². The van der Waals surface area contributed by atoms with Crippen LogP contribution in [0.1, 0.15) is 82.3 Å². The average Bonchev–Trinajstić information content (AvgIpc) is 2.69. The lowest BCUT2D eigenvalue weighted by Gasteiger charge is -2.25. The zero-order chi connectivity index (χ0) is 19.1. The van der Waals surface area contributed by atoms with E-state index in [1.807, 2.05) is 0 Å². The predicted octanol–water partition coefficient (Wildman–Crippen LogP) is 7.34. The van der Waals surface area contributed by atoms with Gasteiger partial charge in [0.25, 0.3) is 0 Å². The molecule has 0 radical (unpaired) electrons. The third-order valence-electron chi connectivity index (χ3n) is 6.06. The first-order chi connectivity index (χ1) is 13.2. The highest BCUT2D eigenvalue weighted by atomic mass is 16.1. The summed E-state index contributed by atoms with van der Waals surface area (Å²) < 4.78 is 0. The number of carbonyl (C=O) groups is 1. The molecule has 0 amide bonds. The molecule has 1 nitrogen and oxygen atoms in total. The van der Waals surface area contributed by atoms with Crippen molar-refractivity contribution >= 4 is 5.78 Å². The van der Waals surface area contributed by atoms with Gasteiger partial charge in [0.2, 0.25) is 0 Å². The molecule has 0 heterocycles. The molecule has 27 heavy (non-hydrogen) atoms. The van der Waals surface area contributed by atoms with Crippen LogP contribution in [-0.4, -0.2) is 5.78 Å². The number of unbranched alkanes of at least 4 members (excludes halogenated alkanes) is 4. The van der Waals surface area contributed by atoms with Crippen molar-refractivity contribution in [3.8, 4) is 11.1 Å². The molecule has 1 aliphatic carbocycles. The highest BCUT2D eigenvalue weighted by Gasteiger charge is 2.27. The summed E-state index contributed by atoms with van der Waals surface area (Å²) >= 11 is 0. The van der Waals surface area contributed by atoms with Gasteiger partial charge >= 0.3 is 0 Å². The minimum absolute atomic E-state index is 0.116. The lowest BCUT2D eigenvalue weighted by molar-refractivity contribution is -0.123. The quantitative estimate of drug-likeness (QED) is 0.449. The molecule has 0 saturated heterocycles. The molecule has 1 heteroatoms. The van der Waals surface area contributed by atoms with Gasteiger partial charge in [0, 0.05) is 12.3 Å². The van der Waals surface area contributed by atoms with Crippen LogP contribution in [-0.2, 0) is 11.2 Å². The van der Waals surface area contributed by atoms with Crippen LogP contribution in [0.25, 0.3) is 11.1 Å². The first-order valence-corrected chi connectivity index (χ1v) is 10.9. The Kier molecular flexibility index (Phi) is 7.26. The van der Waals surface area contributed by atoms with E-state index in [9.17, 15) is 4.79 Å². The third-order valence-corrected chi connectivity index (χ3v) is 6.06. The van der Waals surface area contributed by atoms with Gasteiger partial charge in [-0.05, 0) is 53.9 Å². The minimum Gasteiger partial charge on any atom is -0.299 e. The fourth-order valence-corrected chi connectivity index (χ4v) is 4.26. The van der Waals surface area contributed by atoms with Crippen molar-refractivity contribution in [2.45, 2.75) is 77.6 Å². The number of rotatable bonds is 8. The SMILES string of the molecule is CCCCCCCc1ccc(-c2ccc([C@H]3CC[C@H](C)CC3=O)cc2)cc1. The largest absolute Gasteiger partial charge is 0.299 e. The maximum absolute atomic E-state index is 12.3. The molecule has 144 valence electrons. The van der Waals surface area contributed by atoms with Crippen molar-refractivity contribution in [1.29, 1.82) is 0 Å². The van der Waals surface area contributed by atoms with E-state index in [2.05, 4.69) is 62.4 Å². The Morgan fingerprint density at radius 3 is 2.07 bits per heavy atom. The number of ketones is 1. The highest BCUT2D eigenvalue weighted by Crippen LogP contribution is 2.33. The zero-order valence-electron chi connectivity index (χ0n) is 17.0. The summed E-state index contributed by atoms with van der Waals surface area (Å²) in [6.45, 7) is 4.45. The fraction of sp³-hybridized carbons (Fsp3) is 0.500.